The van der Waals surface area contributed by atoms with E-state index in [-0.39, 0.29) is 5.91 Å². The molecule has 116 valence electrons. The van der Waals surface area contributed by atoms with E-state index < -0.39 is 0 Å². The number of benzene rings is 1. The first kappa shape index (κ1) is 16.0. The summed E-state index contributed by atoms with van der Waals surface area (Å²) in [5, 5.41) is 10.0. The first-order chi connectivity index (χ1) is 10.6. The minimum absolute atomic E-state index is 0.0844. The molecule has 22 heavy (non-hydrogen) atoms. The van der Waals surface area contributed by atoms with Crippen molar-refractivity contribution in [1.82, 2.24) is 4.57 Å². The molecule has 0 saturated heterocycles. The molecular weight excluding hydrogens is 302 g/mol. The second-order valence-electron chi connectivity index (χ2n) is 4.47. The van der Waals surface area contributed by atoms with Gasteiger partial charge in [0.05, 0.1) is 20.4 Å². The van der Waals surface area contributed by atoms with Crippen molar-refractivity contribution in [2.45, 2.75) is 13.8 Å². The first-order valence-electron chi connectivity index (χ1n) is 6.54. The minimum Gasteiger partial charge on any atom is -0.493 e. The standard InChI is InChI=1S/C15H17N3O3S/c1-10-9-22-15(18(10)11(2)19)17-16-8-12-5-6-13(20-3)14(7-12)21-4/h5-9H,1-4H3/b16-8-,17-15-. The topological polar surface area (TPSA) is 65.2 Å². The molecule has 7 heteroatoms. The molecule has 0 bridgehead atoms. The summed E-state index contributed by atoms with van der Waals surface area (Å²) < 4.78 is 11.9. The largest absolute Gasteiger partial charge is 0.493 e. The van der Waals surface area contributed by atoms with Crippen LogP contribution in [0.15, 0.2) is 33.8 Å². The Kier molecular flexibility index (Phi) is 5.11. The number of methoxy groups -OCH3 is 2. The second-order valence-corrected chi connectivity index (χ2v) is 5.31. The van der Waals surface area contributed by atoms with Crippen LogP contribution in [0.5, 0.6) is 11.5 Å². The van der Waals surface area contributed by atoms with Crippen LogP contribution in [-0.2, 0) is 0 Å². The van der Waals surface area contributed by atoms with Crippen molar-refractivity contribution in [3.05, 3.63) is 39.6 Å². The van der Waals surface area contributed by atoms with Crippen molar-refractivity contribution in [3.63, 3.8) is 0 Å². The van der Waals surface area contributed by atoms with Gasteiger partial charge in [-0.25, -0.2) is 0 Å². The summed E-state index contributed by atoms with van der Waals surface area (Å²) in [4.78, 5) is 12.1. The molecule has 1 aromatic heterocycles. The van der Waals surface area contributed by atoms with Gasteiger partial charge in [-0.3, -0.25) is 9.36 Å². The zero-order valence-electron chi connectivity index (χ0n) is 12.9. The summed E-state index contributed by atoms with van der Waals surface area (Å²) in [6.07, 6.45) is 1.60. The van der Waals surface area contributed by atoms with Crippen molar-refractivity contribution < 1.29 is 14.3 Å². The van der Waals surface area contributed by atoms with E-state index in [0.717, 1.165) is 11.3 Å². The molecule has 0 aliphatic carbocycles. The van der Waals surface area contributed by atoms with Gasteiger partial charge in [0.25, 0.3) is 0 Å². The molecule has 0 radical (unpaired) electrons. The highest BCUT2D eigenvalue weighted by molar-refractivity contribution is 7.07. The number of hydrogen-bond acceptors (Lipinski definition) is 6. The van der Waals surface area contributed by atoms with Crippen molar-refractivity contribution in [3.8, 4) is 11.5 Å². The molecule has 0 atom stereocenters. The average molecular weight is 319 g/mol. The first-order valence-corrected chi connectivity index (χ1v) is 7.42. The van der Waals surface area contributed by atoms with Gasteiger partial charge >= 0.3 is 0 Å². The number of ether oxygens (including phenoxy) is 2. The van der Waals surface area contributed by atoms with Crippen LogP contribution in [0.4, 0.5) is 0 Å². The third-order valence-corrected chi connectivity index (χ3v) is 3.89. The second kappa shape index (κ2) is 7.04. The predicted octanol–water partition coefficient (Wildman–Crippen LogP) is 2.47. The summed E-state index contributed by atoms with van der Waals surface area (Å²) in [5.41, 5.74) is 1.67. The Bertz CT molecular complexity index is 775. The lowest BCUT2D eigenvalue weighted by atomic mass is 10.2. The highest BCUT2D eigenvalue weighted by Crippen LogP contribution is 2.26. The Labute approximate surface area is 132 Å². The van der Waals surface area contributed by atoms with Crippen LogP contribution in [0.1, 0.15) is 23.0 Å². The molecule has 0 fully saturated rings. The zero-order valence-corrected chi connectivity index (χ0v) is 13.7. The van der Waals surface area contributed by atoms with E-state index in [1.165, 1.54) is 22.8 Å². The summed E-state index contributed by atoms with van der Waals surface area (Å²) in [6, 6.07) is 5.45. The fraction of sp³-hybridized carbons (Fsp3) is 0.267. The van der Waals surface area contributed by atoms with E-state index >= 15 is 0 Å². The molecule has 0 amide bonds. The lowest BCUT2D eigenvalue weighted by molar-refractivity contribution is 0.0931. The van der Waals surface area contributed by atoms with Gasteiger partial charge in [0, 0.05) is 18.0 Å². The Morgan fingerprint density at radius 2 is 2.00 bits per heavy atom. The molecule has 2 aromatic rings. The van der Waals surface area contributed by atoms with Crippen molar-refractivity contribution >= 4 is 23.5 Å². The highest BCUT2D eigenvalue weighted by atomic mass is 32.1. The maximum atomic E-state index is 11.6. The van der Waals surface area contributed by atoms with E-state index in [0.29, 0.717) is 16.3 Å². The fourth-order valence-electron chi connectivity index (χ4n) is 1.92. The number of aryl methyl sites for hydroxylation is 1. The summed E-state index contributed by atoms with van der Waals surface area (Å²) in [7, 11) is 3.16. The lowest BCUT2D eigenvalue weighted by Crippen LogP contribution is -2.21. The van der Waals surface area contributed by atoms with Crippen molar-refractivity contribution in [2.75, 3.05) is 14.2 Å². The van der Waals surface area contributed by atoms with Gasteiger partial charge in [0.2, 0.25) is 10.7 Å². The molecule has 2 rings (SSSR count). The number of thiazole rings is 1. The van der Waals surface area contributed by atoms with Gasteiger partial charge in [-0.05, 0) is 30.7 Å². The third kappa shape index (κ3) is 3.43. The van der Waals surface area contributed by atoms with Crippen LogP contribution in [0.2, 0.25) is 0 Å². The Morgan fingerprint density at radius 1 is 1.27 bits per heavy atom. The summed E-state index contributed by atoms with van der Waals surface area (Å²) >= 11 is 1.37. The quantitative estimate of drug-likeness (QED) is 0.642. The number of nitrogens with zero attached hydrogens (tertiary/aromatic N) is 3. The molecular formula is C15H17N3O3S. The van der Waals surface area contributed by atoms with E-state index in [9.17, 15) is 4.79 Å². The minimum atomic E-state index is -0.0844. The molecule has 1 heterocycles. The predicted molar refractivity (Wildman–Crippen MR) is 86.0 cm³/mol. The molecule has 0 unspecified atom stereocenters. The number of aromatic nitrogens is 1. The SMILES string of the molecule is COc1ccc(/C=N\N=c2/scc(C)n2C(C)=O)cc1OC. The highest BCUT2D eigenvalue weighted by Gasteiger charge is 2.05. The van der Waals surface area contributed by atoms with Gasteiger partial charge in [0.15, 0.2) is 11.5 Å². The molecule has 1 aromatic carbocycles. The summed E-state index contributed by atoms with van der Waals surface area (Å²) in [5.74, 6) is 1.19. The fourth-order valence-corrected chi connectivity index (χ4v) is 2.78. The van der Waals surface area contributed by atoms with E-state index in [4.69, 9.17) is 9.47 Å². The molecule has 0 spiro atoms. The van der Waals surface area contributed by atoms with Crippen LogP contribution >= 0.6 is 11.3 Å². The number of carbonyl (C=O) groups excluding carboxylic acids is 1. The van der Waals surface area contributed by atoms with Gasteiger partial charge in [-0.1, -0.05) is 0 Å². The lowest BCUT2D eigenvalue weighted by Gasteiger charge is -2.07. The smallest absolute Gasteiger partial charge is 0.230 e. The number of hydrogen-bond donors (Lipinski definition) is 0. The van der Waals surface area contributed by atoms with E-state index in [1.54, 1.807) is 32.6 Å². The van der Waals surface area contributed by atoms with E-state index in [1.807, 2.05) is 18.4 Å². The van der Waals surface area contributed by atoms with Crippen molar-refractivity contribution in [2.24, 2.45) is 10.2 Å². The molecule has 0 N–H and O–H groups in total. The zero-order chi connectivity index (χ0) is 16.1. The molecule has 0 aliphatic heterocycles. The van der Waals surface area contributed by atoms with Gasteiger partial charge < -0.3 is 9.47 Å². The van der Waals surface area contributed by atoms with Crippen LogP contribution < -0.4 is 14.3 Å². The molecule has 0 aliphatic rings. The number of rotatable bonds is 4. The number of carbonyl (C=O) groups is 1. The average Bonchev–Trinajstić information content (AvgIpc) is 2.88. The molecule has 0 saturated carbocycles. The normalized spacial score (nSPS) is 11.9. The monoisotopic (exact) mass is 319 g/mol. The van der Waals surface area contributed by atoms with Gasteiger partial charge in [-0.15, -0.1) is 16.4 Å². The maximum Gasteiger partial charge on any atom is 0.230 e. The van der Waals surface area contributed by atoms with Gasteiger partial charge in [-0.2, -0.15) is 5.10 Å². The van der Waals surface area contributed by atoms with Gasteiger partial charge in [0.1, 0.15) is 0 Å². The van der Waals surface area contributed by atoms with Crippen LogP contribution in [-0.4, -0.2) is 30.9 Å². The Balaban J connectivity index is 2.30. The van der Waals surface area contributed by atoms with Crippen LogP contribution in [0.3, 0.4) is 0 Å². The van der Waals surface area contributed by atoms with Crippen LogP contribution in [0, 0.1) is 6.92 Å². The Hall–Kier alpha value is -2.41. The molecule has 6 nitrogen and oxygen atoms in total. The van der Waals surface area contributed by atoms with E-state index in [2.05, 4.69) is 10.2 Å². The summed E-state index contributed by atoms with van der Waals surface area (Å²) in [6.45, 7) is 3.35. The Morgan fingerprint density at radius 3 is 2.64 bits per heavy atom. The van der Waals surface area contributed by atoms with Crippen LogP contribution in [0.25, 0.3) is 0 Å². The maximum absolute atomic E-state index is 11.6. The van der Waals surface area contributed by atoms with Crippen molar-refractivity contribution in [1.29, 1.82) is 0 Å². The third-order valence-electron chi connectivity index (χ3n) is 2.95.